The van der Waals surface area contributed by atoms with Gasteiger partial charge in [0.25, 0.3) is 0 Å². The number of carbonyl (C=O) groups excluding carboxylic acids is 1. The molecule has 2 aliphatic rings. The van der Waals surface area contributed by atoms with E-state index in [2.05, 4.69) is 10.5 Å². The van der Waals surface area contributed by atoms with Crippen LogP contribution in [0, 0.1) is 6.92 Å². The van der Waals surface area contributed by atoms with Gasteiger partial charge in [0, 0.05) is 12.6 Å². The molecule has 1 aromatic heterocycles. The highest BCUT2D eigenvalue weighted by atomic mass is 35.5. The maximum Gasteiger partial charge on any atom is 0.240 e. The quantitative estimate of drug-likeness (QED) is 0.900. The second-order valence-electron chi connectivity index (χ2n) is 5.21. The Morgan fingerprint density at radius 2 is 2.32 bits per heavy atom. The van der Waals surface area contributed by atoms with Crippen molar-refractivity contribution in [3.05, 3.63) is 17.5 Å². The highest BCUT2D eigenvalue weighted by Crippen LogP contribution is 2.33. The number of halogens is 1. The minimum atomic E-state index is 0. The standard InChI is InChI=1S/C13H19N3O2.ClH/c1-9-8-12(18-15-9)11-5-3-7-16(11)13(17)10-4-2-6-14-10;/h8,10-11,14H,2-7H2,1H3;1H/t10-,11?;/m0./s1. The molecule has 0 radical (unpaired) electrons. The van der Waals surface area contributed by atoms with Crippen molar-refractivity contribution in [3.63, 3.8) is 0 Å². The van der Waals surface area contributed by atoms with Gasteiger partial charge in [0.15, 0.2) is 5.76 Å². The lowest BCUT2D eigenvalue weighted by Crippen LogP contribution is -2.43. The summed E-state index contributed by atoms with van der Waals surface area (Å²) in [5.74, 6) is 1.06. The van der Waals surface area contributed by atoms with E-state index < -0.39 is 0 Å². The van der Waals surface area contributed by atoms with Gasteiger partial charge in [0.2, 0.25) is 5.91 Å². The van der Waals surface area contributed by atoms with Gasteiger partial charge in [0.1, 0.15) is 0 Å². The minimum absolute atomic E-state index is 0. The number of nitrogens with zero attached hydrogens (tertiary/aromatic N) is 2. The summed E-state index contributed by atoms with van der Waals surface area (Å²) in [4.78, 5) is 14.4. The Morgan fingerprint density at radius 3 is 2.95 bits per heavy atom. The fourth-order valence-electron chi connectivity index (χ4n) is 2.96. The van der Waals surface area contributed by atoms with Gasteiger partial charge in [-0.05, 0) is 39.2 Å². The van der Waals surface area contributed by atoms with Gasteiger partial charge in [-0.15, -0.1) is 12.4 Å². The second kappa shape index (κ2) is 5.92. The van der Waals surface area contributed by atoms with Crippen molar-refractivity contribution in [2.45, 2.75) is 44.7 Å². The summed E-state index contributed by atoms with van der Waals surface area (Å²) in [6.45, 7) is 3.70. The van der Waals surface area contributed by atoms with Gasteiger partial charge < -0.3 is 14.7 Å². The fourth-order valence-corrected chi connectivity index (χ4v) is 2.96. The van der Waals surface area contributed by atoms with Crippen LogP contribution in [0.4, 0.5) is 0 Å². The van der Waals surface area contributed by atoms with Gasteiger partial charge in [-0.25, -0.2) is 0 Å². The molecule has 6 heteroatoms. The fraction of sp³-hybridized carbons (Fsp3) is 0.692. The van der Waals surface area contributed by atoms with Crippen molar-refractivity contribution in [2.75, 3.05) is 13.1 Å². The van der Waals surface area contributed by atoms with Crippen LogP contribution in [0.3, 0.4) is 0 Å². The van der Waals surface area contributed by atoms with Gasteiger partial charge in [-0.1, -0.05) is 5.16 Å². The molecule has 1 N–H and O–H groups in total. The number of likely N-dealkylation sites (tertiary alicyclic amines) is 1. The lowest BCUT2D eigenvalue weighted by molar-refractivity contribution is -0.134. The molecule has 2 atom stereocenters. The smallest absolute Gasteiger partial charge is 0.240 e. The van der Waals surface area contributed by atoms with Crippen LogP contribution in [-0.4, -0.2) is 35.1 Å². The molecule has 0 aliphatic carbocycles. The van der Waals surface area contributed by atoms with Crippen molar-refractivity contribution in [2.24, 2.45) is 0 Å². The third kappa shape index (κ3) is 2.77. The highest BCUT2D eigenvalue weighted by molar-refractivity contribution is 5.85. The molecule has 0 aromatic carbocycles. The first-order valence-corrected chi connectivity index (χ1v) is 6.73. The van der Waals surface area contributed by atoms with Crippen LogP contribution in [0.2, 0.25) is 0 Å². The summed E-state index contributed by atoms with van der Waals surface area (Å²) in [5, 5.41) is 7.20. The average molecular weight is 286 g/mol. The Kier molecular flexibility index (Phi) is 4.47. The topological polar surface area (TPSA) is 58.4 Å². The van der Waals surface area contributed by atoms with E-state index in [-0.39, 0.29) is 30.4 Å². The van der Waals surface area contributed by atoms with E-state index in [1.165, 1.54) is 0 Å². The molecule has 0 saturated carbocycles. The predicted molar refractivity (Wildman–Crippen MR) is 73.2 cm³/mol. The summed E-state index contributed by atoms with van der Waals surface area (Å²) in [6.07, 6.45) is 4.07. The predicted octanol–water partition coefficient (Wildman–Crippen LogP) is 1.82. The molecule has 2 fully saturated rings. The molecular weight excluding hydrogens is 266 g/mol. The monoisotopic (exact) mass is 285 g/mol. The van der Waals surface area contributed by atoms with Crippen LogP contribution in [-0.2, 0) is 4.79 Å². The van der Waals surface area contributed by atoms with E-state index in [4.69, 9.17) is 4.52 Å². The first-order valence-electron chi connectivity index (χ1n) is 6.73. The molecule has 0 bridgehead atoms. The van der Waals surface area contributed by atoms with Crippen LogP contribution in [0.1, 0.15) is 43.2 Å². The summed E-state index contributed by atoms with van der Waals surface area (Å²) in [6, 6.07) is 2.04. The molecule has 5 nitrogen and oxygen atoms in total. The molecule has 0 spiro atoms. The number of aromatic nitrogens is 1. The molecular formula is C13H20ClN3O2. The summed E-state index contributed by atoms with van der Waals surface area (Å²) < 4.78 is 5.33. The Morgan fingerprint density at radius 1 is 1.47 bits per heavy atom. The number of hydrogen-bond donors (Lipinski definition) is 1. The molecule has 1 unspecified atom stereocenters. The van der Waals surface area contributed by atoms with Crippen molar-refractivity contribution >= 4 is 18.3 Å². The van der Waals surface area contributed by atoms with Gasteiger partial charge in [-0.2, -0.15) is 0 Å². The van der Waals surface area contributed by atoms with E-state index in [9.17, 15) is 4.79 Å². The van der Waals surface area contributed by atoms with Crippen molar-refractivity contribution in [1.29, 1.82) is 0 Å². The van der Waals surface area contributed by atoms with E-state index in [1.807, 2.05) is 17.9 Å². The lowest BCUT2D eigenvalue weighted by atomic mass is 10.1. The third-order valence-electron chi connectivity index (χ3n) is 3.87. The first-order chi connectivity index (χ1) is 8.75. The zero-order chi connectivity index (χ0) is 12.5. The number of hydrogen-bond acceptors (Lipinski definition) is 4. The van der Waals surface area contributed by atoms with Crippen molar-refractivity contribution in [3.8, 4) is 0 Å². The molecule has 2 saturated heterocycles. The van der Waals surface area contributed by atoms with E-state index in [0.717, 1.165) is 50.2 Å². The number of rotatable bonds is 2. The first kappa shape index (κ1) is 14.3. The number of nitrogens with one attached hydrogen (secondary N) is 1. The molecule has 2 aliphatic heterocycles. The number of carbonyl (C=O) groups is 1. The molecule has 1 aromatic rings. The zero-order valence-corrected chi connectivity index (χ0v) is 11.9. The largest absolute Gasteiger partial charge is 0.359 e. The molecule has 1 amide bonds. The molecule has 3 heterocycles. The molecule has 106 valence electrons. The van der Waals surface area contributed by atoms with Crippen LogP contribution >= 0.6 is 12.4 Å². The van der Waals surface area contributed by atoms with Gasteiger partial charge in [0.05, 0.1) is 17.8 Å². The Labute approximate surface area is 119 Å². The summed E-state index contributed by atoms with van der Waals surface area (Å²) in [5.41, 5.74) is 0.878. The van der Waals surface area contributed by atoms with E-state index >= 15 is 0 Å². The molecule has 3 rings (SSSR count). The Hall–Kier alpha value is -1.07. The Balaban J connectivity index is 0.00000133. The lowest BCUT2D eigenvalue weighted by Gasteiger charge is -2.25. The second-order valence-corrected chi connectivity index (χ2v) is 5.21. The number of amides is 1. The normalized spacial score (nSPS) is 26.5. The SMILES string of the molecule is Cc1cc(C2CCCN2C(=O)[C@@H]2CCCN2)on1.Cl. The van der Waals surface area contributed by atoms with Crippen LogP contribution in [0.15, 0.2) is 10.6 Å². The van der Waals surface area contributed by atoms with E-state index in [0.29, 0.717) is 0 Å². The number of aryl methyl sites for hydroxylation is 1. The maximum atomic E-state index is 12.4. The van der Waals surface area contributed by atoms with E-state index in [1.54, 1.807) is 0 Å². The van der Waals surface area contributed by atoms with Gasteiger partial charge >= 0.3 is 0 Å². The molecule has 19 heavy (non-hydrogen) atoms. The van der Waals surface area contributed by atoms with Gasteiger partial charge in [-0.3, -0.25) is 4.79 Å². The van der Waals surface area contributed by atoms with Crippen molar-refractivity contribution in [1.82, 2.24) is 15.4 Å². The maximum absolute atomic E-state index is 12.4. The minimum Gasteiger partial charge on any atom is -0.359 e. The highest BCUT2D eigenvalue weighted by Gasteiger charge is 2.36. The average Bonchev–Trinajstić information content (AvgIpc) is 3.09. The van der Waals surface area contributed by atoms with Crippen molar-refractivity contribution < 1.29 is 9.32 Å². The van der Waals surface area contributed by atoms with Crippen LogP contribution in [0.5, 0.6) is 0 Å². The summed E-state index contributed by atoms with van der Waals surface area (Å²) >= 11 is 0. The van der Waals surface area contributed by atoms with Crippen LogP contribution < -0.4 is 5.32 Å². The Bertz CT molecular complexity index is 443. The zero-order valence-electron chi connectivity index (χ0n) is 11.1. The van der Waals surface area contributed by atoms with Crippen LogP contribution in [0.25, 0.3) is 0 Å². The summed E-state index contributed by atoms with van der Waals surface area (Å²) in [7, 11) is 0. The third-order valence-corrected chi connectivity index (χ3v) is 3.87.